The molecule has 0 N–H and O–H groups in total. The molecule has 0 heterocycles. The third-order valence-corrected chi connectivity index (χ3v) is 1.58. The number of rotatable bonds is 4. The van der Waals surface area contributed by atoms with Crippen LogP contribution >= 0.6 is 0 Å². The second kappa shape index (κ2) is 5.19. The maximum atomic E-state index is 8.51. The molecule has 0 aromatic heterocycles. The van der Waals surface area contributed by atoms with Crippen LogP contribution in [-0.4, -0.2) is 10.5 Å². The molecule has 2 nitrogen and oxygen atoms in total. The summed E-state index contributed by atoms with van der Waals surface area (Å²) in [5.74, 6) is 0.386. The molecule has 0 aliphatic heterocycles. The molecule has 2 heteroatoms. The maximum Gasteiger partial charge on any atom is 0.271 e. The Kier molecular flexibility index (Phi) is 4.87. The fourth-order valence-electron chi connectivity index (χ4n) is 0.812. The lowest BCUT2D eigenvalue weighted by atomic mass is 10.0. The highest BCUT2D eigenvalue weighted by Gasteiger charge is 2.11. The molecular weight excluding hydrogens is 124 g/mol. The smallest absolute Gasteiger partial charge is 0.271 e. The number of hydrogen-bond acceptors (Lipinski definition) is 0. The minimum atomic E-state index is 0.386. The van der Waals surface area contributed by atoms with Crippen molar-refractivity contribution < 1.29 is 4.79 Å². The molecule has 0 spiro atoms. The molecule has 0 unspecified atom stereocenters. The van der Waals surface area contributed by atoms with Gasteiger partial charge in [-0.15, -0.1) is 0 Å². The van der Waals surface area contributed by atoms with Crippen LogP contribution in [0.15, 0.2) is 0 Å². The number of hydrogen-bond donors (Lipinski definition) is 0. The van der Waals surface area contributed by atoms with E-state index in [2.05, 4.69) is 11.7 Å². The maximum absolute atomic E-state index is 8.51. The minimum absolute atomic E-state index is 0.386. The third-order valence-electron chi connectivity index (χ3n) is 1.58. The van der Waals surface area contributed by atoms with Gasteiger partial charge >= 0.3 is 0 Å². The molecule has 0 rings (SSSR count). The van der Waals surface area contributed by atoms with Crippen LogP contribution in [0.4, 0.5) is 0 Å². The van der Waals surface area contributed by atoms with E-state index in [0.717, 1.165) is 25.0 Å². The molecule has 10 heavy (non-hydrogen) atoms. The highest BCUT2D eigenvalue weighted by Crippen LogP contribution is 2.03. The van der Waals surface area contributed by atoms with Gasteiger partial charge in [0.25, 0.3) is 5.71 Å². The van der Waals surface area contributed by atoms with Gasteiger partial charge in [-0.3, -0.25) is 0 Å². The average Bonchev–Trinajstić information content (AvgIpc) is 1.89. The van der Waals surface area contributed by atoms with Crippen molar-refractivity contribution in [2.45, 2.75) is 40.0 Å². The van der Waals surface area contributed by atoms with Gasteiger partial charge in [-0.1, -0.05) is 27.2 Å². The third kappa shape index (κ3) is 3.41. The summed E-state index contributed by atoms with van der Waals surface area (Å²) >= 11 is 0. The standard InChI is InChI=1S/C8H16N2/c1-4-5-6-8(10-9)7(2)3/h7H,4-6H2,1-3H3. The summed E-state index contributed by atoms with van der Waals surface area (Å²) in [7, 11) is 0. The van der Waals surface area contributed by atoms with Crippen LogP contribution in [0.25, 0.3) is 5.53 Å². The van der Waals surface area contributed by atoms with E-state index < -0.39 is 0 Å². The Labute approximate surface area is 62.9 Å². The van der Waals surface area contributed by atoms with E-state index in [0.29, 0.717) is 5.92 Å². The first-order valence-corrected chi connectivity index (χ1v) is 3.93. The van der Waals surface area contributed by atoms with Crippen molar-refractivity contribution in [1.29, 1.82) is 0 Å². The Bertz CT molecular complexity index is 132. The van der Waals surface area contributed by atoms with Gasteiger partial charge in [0.1, 0.15) is 0 Å². The number of nitrogens with zero attached hydrogens (tertiary/aromatic N) is 2. The molecule has 0 amide bonds. The second-order valence-corrected chi connectivity index (χ2v) is 2.85. The molecule has 0 radical (unpaired) electrons. The molecule has 0 aliphatic rings. The summed E-state index contributed by atoms with van der Waals surface area (Å²) in [5.41, 5.74) is 9.43. The first-order chi connectivity index (χ1) is 4.72. The monoisotopic (exact) mass is 140 g/mol. The molecule has 0 aromatic carbocycles. The lowest BCUT2D eigenvalue weighted by Gasteiger charge is -1.96. The molecular formula is C8H16N2. The van der Waals surface area contributed by atoms with Crippen molar-refractivity contribution in [3.63, 3.8) is 0 Å². The van der Waals surface area contributed by atoms with Crippen LogP contribution < -0.4 is 0 Å². The van der Waals surface area contributed by atoms with Gasteiger partial charge in [-0.05, 0) is 6.42 Å². The van der Waals surface area contributed by atoms with Crippen LogP contribution in [0.3, 0.4) is 0 Å². The summed E-state index contributed by atoms with van der Waals surface area (Å²) in [6.45, 7) is 6.23. The molecule has 0 aliphatic carbocycles. The van der Waals surface area contributed by atoms with Gasteiger partial charge in [0.2, 0.25) is 0 Å². The molecule has 0 atom stereocenters. The van der Waals surface area contributed by atoms with Crippen molar-refractivity contribution in [3.8, 4) is 0 Å². The predicted molar refractivity (Wildman–Crippen MR) is 43.0 cm³/mol. The summed E-state index contributed by atoms with van der Waals surface area (Å²) in [4.78, 5) is 3.24. The van der Waals surface area contributed by atoms with Crippen LogP contribution in [0.5, 0.6) is 0 Å². The average molecular weight is 140 g/mol. The zero-order valence-corrected chi connectivity index (χ0v) is 7.09. The second-order valence-electron chi connectivity index (χ2n) is 2.85. The summed E-state index contributed by atoms with van der Waals surface area (Å²) < 4.78 is 0. The molecule has 0 fully saturated rings. The SMILES string of the molecule is CCCCC(=[N+]=[N-])C(C)C. The van der Waals surface area contributed by atoms with E-state index in [1.165, 1.54) is 0 Å². The van der Waals surface area contributed by atoms with E-state index in [4.69, 9.17) is 5.53 Å². The Balaban J connectivity index is 3.75. The van der Waals surface area contributed by atoms with E-state index in [-0.39, 0.29) is 0 Å². The Morgan fingerprint density at radius 2 is 2.10 bits per heavy atom. The van der Waals surface area contributed by atoms with Gasteiger partial charge in [-0.2, -0.15) is 4.79 Å². The predicted octanol–water partition coefficient (Wildman–Crippen LogP) is 2.50. The van der Waals surface area contributed by atoms with Crippen LogP contribution in [0, 0.1) is 5.92 Å². The zero-order valence-electron chi connectivity index (χ0n) is 7.09. The normalized spacial score (nSPS) is 9.60. The van der Waals surface area contributed by atoms with Gasteiger partial charge in [0, 0.05) is 6.42 Å². The van der Waals surface area contributed by atoms with Crippen LogP contribution in [0.2, 0.25) is 0 Å². The lowest BCUT2D eigenvalue weighted by Crippen LogP contribution is -2.07. The number of unbranched alkanes of at least 4 members (excludes halogenated alkanes) is 1. The van der Waals surface area contributed by atoms with Gasteiger partial charge in [0.15, 0.2) is 0 Å². The van der Waals surface area contributed by atoms with Crippen molar-refractivity contribution in [2.75, 3.05) is 0 Å². The molecule has 0 aromatic rings. The van der Waals surface area contributed by atoms with Crippen molar-refractivity contribution >= 4 is 5.71 Å². The first kappa shape index (κ1) is 9.38. The topological polar surface area (TPSA) is 36.4 Å². The quantitative estimate of drug-likeness (QED) is 0.327. The zero-order chi connectivity index (χ0) is 7.98. The summed E-state index contributed by atoms with van der Waals surface area (Å²) in [6, 6.07) is 0. The van der Waals surface area contributed by atoms with E-state index in [9.17, 15) is 0 Å². The van der Waals surface area contributed by atoms with Crippen LogP contribution in [0.1, 0.15) is 40.0 Å². The van der Waals surface area contributed by atoms with Gasteiger partial charge in [-0.25, -0.2) is 0 Å². The fraction of sp³-hybridized carbons (Fsp3) is 0.875. The Morgan fingerprint density at radius 1 is 1.50 bits per heavy atom. The fourth-order valence-corrected chi connectivity index (χ4v) is 0.812. The Morgan fingerprint density at radius 3 is 2.40 bits per heavy atom. The van der Waals surface area contributed by atoms with Gasteiger partial charge in [0.05, 0.1) is 5.92 Å². The van der Waals surface area contributed by atoms with E-state index in [1.807, 2.05) is 13.8 Å². The summed E-state index contributed by atoms with van der Waals surface area (Å²) in [6.07, 6.45) is 3.22. The Hall–Kier alpha value is -0.620. The highest BCUT2D eigenvalue weighted by molar-refractivity contribution is 5.80. The van der Waals surface area contributed by atoms with E-state index >= 15 is 0 Å². The van der Waals surface area contributed by atoms with E-state index in [1.54, 1.807) is 0 Å². The van der Waals surface area contributed by atoms with Crippen LogP contribution in [-0.2, 0) is 0 Å². The minimum Gasteiger partial charge on any atom is -0.362 e. The first-order valence-electron chi connectivity index (χ1n) is 3.93. The lowest BCUT2D eigenvalue weighted by molar-refractivity contribution is -0.0149. The largest absolute Gasteiger partial charge is 0.362 e. The van der Waals surface area contributed by atoms with Gasteiger partial charge < -0.3 is 5.53 Å². The highest BCUT2D eigenvalue weighted by atomic mass is 14.9. The van der Waals surface area contributed by atoms with Crippen molar-refractivity contribution in [2.24, 2.45) is 5.92 Å². The molecule has 0 bridgehead atoms. The molecule has 0 saturated heterocycles. The van der Waals surface area contributed by atoms with Crippen molar-refractivity contribution in [3.05, 3.63) is 5.53 Å². The van der Waals surface area contributed by atoms with Crippen molar-refractivity contribution in [1.82, 2.24) is 0 Å². The molecule has 0 saturated carbocycles. The molecule has 58 valence electrons. The summed E-state index contributed by atoms with van der Waals surface area (Å²) in [5, 5.41) is 0.